The molecule has 1 aromatic rings. The first-order chi connectivity index (χ1) is 9.77. The lowest BCUT2D eigenvalue weighted by Crippen LogP contribution is -2.50. The first-order valence-corrected chi connectivity index (χ1v) is 7.20. The Morgan fingerprint density at radius 1 is 1.40 bits per heavy atom. The molecular weight excluding hydrogens is 254 g/mol. The molecule has 0 aliphatic heterocycles. The van der Waals surface area contributed by atoms with Gasteiger partial charge in [0.05, 0.1) is 0 Å². The second kappa shape index (κ2) is 7.38. The number of hydrogen-bond donors (Lipinski definition) is 3. The molecule has 5 heteroatoms. The highest BCUT2D eigenvalue weighted by molar-refractivity contribution is 5.82. The van der Waals surface area contributed by atoms with E-state index < -0.39 is 0 Å². The molecule has 20 heavy (non-hydrogen) atoms. The Morgan fingerprint density at radius 3 is 2.60 bits per heavy atom. The SMILES string of the molecule is NNC(=O)C(c1ccccc1)N(CCCO)C1CCC1. The summed E-state index contributed by atoms with van der Waals surface area (Å²) in [4.78, 5) is 14.4. The Balaban J connectivity index is 2.24. The van der Waals surface area contributed by atoms with E-state index in [9.17, 15) is 4.79 Å². The molecule has 1 unspecified atom stereocenters. The molecule has 0 aromatic heterocycles. The zero-order valence-corrected chi connectivity index (χ0v) is 11.7. The minimum atomic E-state index is -0.377. The normalized spacial score (nSPS) is 16.8. The Kier molecular flexibility index (Phi) is 5.52. The van der Waals surface area contributed by atoms with Crippen molar-refractivity contribution < 1.29 is 9.90 Å². The zero-order chi connectivity index (χ0) is 14.4. The lowest BCUT2D eigenvalue weighted by atomic mass is 9.88. The molecule has 0 saturated heterocycles. The number of benzene rings is 1. The Labute approximate surface area is 119 Å². The van der Waals surface area contributed by atoms with Crippen LogP contribution in [0.4, 0.5) is 0 Å². The number of carbonyl (C=O) groups excluding carboxylic acids is 1. The van der Waals surface area contributed by atoms with Crippen LogP contribution in [0.1, 0.15) is 37.3 Å². The highest BCUT2D eigenvalue weighted by Gasteiger charge is 2.34. The summed E-state index contributed by atoms with van der Waals surface area (Å²) < 4.78 is 0. The quantitative estimate of drug-likeness (QED) is 0.394. The van der Waals surface area contributed by atoms with Crippen LogP contribution in [0.2, 0.25) is 0 Å². The van der Waals surface area contributed by atoms with E-state index in [1.807, 2.05) is 30.3 Å². The maximum Gasteiger partial charge on any atom is 0.255 e. The van der Waals surface area contributed by atoms with E-state index in [1.165, 1.54) is 6.42 Å². The third-order valence-electron chi connectivity index (χ3n) is 3.96. The molecule has 1 fully saturated rings. The highest BCUT2D eigenvalue weighted by atomic mass is 16.3. The molecule has 5 nitrogen and oxygen atoms in total. The summed E-state index contributed by atoms with van der Waals surface area (Å²) in [7, 11) is 0. The van der Waals surface area contributed by atoms with Gasteiger partial charge < -0.3 is 5.11 Å². The smallest absolute Gasteiger partial charge is 0.255 e. The minimum absolute atomic E-state index is 0.134. The number of nitrogens with zero attached hydrogens (tertiary/aromatic N) is 1. The summed E-state index contributed by atoms with van der Waals surface area (Å²) >= 11 is 0. The Hall–Kier alpha value is -1.43. The average molecular weight is 277 g/mol. The summed E-state index contributed by atoms with van der Waals surface area (Å²) in [6.07, 6.45) is 4.07. The number of amides is 1. The highest BCUT2D eigenvalue weighted by Crippen LogP contribution is 2.32. The van der Waals surface area contributed by atoms with Crippen LogP contribution < -0.4 is 11.3 Å². The van der Waals surface area contributed by atoms with Gasteiger partial charge in [-0.1, -0.05) is 36.8 Å². The fourth-order valence-corrected chi connectivity index (χ4v) is 2.70. The molecular formula is C15H23N3O2. The second-order valence-corrected chi connectivity index (χ2v) is 5.22. The van der Waals surface area contributed by atoms with Crippen molar-refractivity contribution in [2.45, 2.75) is 37.8 Å². The van der Waals surface area contributed by atoms with Crippen molar-refractivity contribution in [2.75, 3.05) is 13.2 Å². The predicted octanol–water partition coefficient (Wildman–Crippen LogP) is 0.954. The monoisotopic (exact) mass is 277 g/mol. The van der Waals surface area contributed by atoms with Crippen molar-refractivity contribution in [1.29, 1.82) is 0 Å². The van der Waals surface area contributed by atoms with Crippen molar-refractivity contribution in [3.8, 4) is 0 Å². The van der Waals surface area contributed by atoms with Gasteiger partial charge in [-0.05, 0) is 24.8 Å². The first kappa shape index (κ1) is 15.0. The van der Waals surface area contributed by atoms with Crippen molar-refractivity contribution in [1.82, 2.24) is 10.3 Å². The van der Waals surface area contributed by atoms with E-state index in [0.717, 1.165) is 18.4 Å². The number of aliphatic hydroxyl groups is 1. The summed E-state index contributed by atoms with van der Waals surface area (Å²) in [6, 6.07) is 9.72. The van der Waals surface area contributed by atoms with Gasteiger partial charge in [0.2, 0.25) is 0 Å². The number of rotatable bonds is 7. The number of nitrogens with one attached hydrogen (secondary N) is 1. The molecule has 1 aliphatic rings. The third-order valence-corrected chi connectivity index (χ3v) is 3.96. The molecule has 0 heterocycles. The average Bonchev–Trinajstić information content (AvgIpc) is 2.43. The van der Waals surface area contributed by atoms with Crippen LogP contribution in [0, 0.1) is 0 Å². The van der Waals surface area contributed by atoms with Crippen LogP contribution in [-0.2, 0) is 4.79 Å². The molecule has 110 valence electrons. The lowest BCUT2D eigenvalue weighted by molar-refractivity contribution is -0.128. The summed E-state index contributed by atoms with van der Waals surface area (Å²) in [5, 5.41) is 9.08. The lowest BCUT2D eigenvalue weighted by Gasteiger charge is -2.41. The molecule has 1 amide bonds. The first-order valence-electron chi connectivity index (χ1n) is 7.20. The van der Waals surface area contributed by atoms with Gasteiger partial charge in [-0.3, -0.25) is 15.1 Å². The molecule has 1 aliphatic carbocycles. The van der Waals surface area contributed by atoms with Crippen LogP contribution in [0.25, 0.3) is 0 Å². The number of hydrazine groups is 1. The molecule has 1 atom stereocenters. The van der Waals surface area contributed by atoms with E-state index >= 15 is 0 Å². The zero-order valence-electron chi connectivity index (χ0n) is 11.7. The molecule has 0 spiro atoms. The molecule has 1 saturated carbocycles. The molecule has 2 rings (SSSR count). The molecule has 0 bridgehead atoms. The number of nitrogens with two attached hydrogens (primary N) is 1. The summed E-state index contributed by atoms with van der Waals surface area (Å²) in [5.74, 6) is 5.17. The number of hydrogen-bond acceptors (Lipinski definition) is 4. The number of aliphatic hydroxyl groups excluding tert-OH is 1. The van der Waals surface area contributed by atoms with Gasteiger partial charge >= 0.3 is 0 Å². The van der Waals surface area contributed by atoms with Crippen LogP contribution in [-0.4, -0.2) is 35.1 Å². The van der Waals surface area contributed by atoms with Crippen LogP contribution >= 0.6 is 0 Å². The topological polar surface area (TPSA) is 78.6 Å². The summed E-state index contributed by atoms with van der Waals surface area (Å²) in [5.41, 5.74) is 3.23. The van der Waals surface area contributed by atoms with E-state index in [1.54, 1.807) is 0 Å². The second-order valence-electron chi connectivity index (χ2n) is 5.22. The van der Waals surface area contributed by atoms with E-state index in [0.29, 0.717) is 19.0 Å². The van der Waals surface area contributed by atoms with Crippen LogP contribution in [0.3, 0.4) is 0 Å². The van der Waals surface area contributed by atoms with Crippen molar-refractivity contribution >= 4 is 5.91 Å². The minimum Gasteiger partial charge on any atom is -0.396 e. The maximum absolute atomic E-state index is 12.2. The van der Waals surface area contributed by atoms with E-state index in [2.05, 4.69) is 10.3 Å². The fraction of sp³-hybridized carbons (Fsp3) is 0.533. The molecule has 0 radical (unpaired) electrons. The van der Waals surface area contributed by atoms with Crippen molar-refractivity contribution in [3.05, 3.63) is 35.9 Å². The van der Waals surface area contributed by atoms with Gasteiger partial charge in [-0.25, -0.2) is 5.84 Å². The van der Waals surface area contributed by atoms with Crippen LogP contribution in [0.15, 0.2) is 30.3 Å². The maximum atomic E-state index is 12.2. The largest absolute Gasteiger partial charge is 0.396 e. The Bertz CT molecular complexity index is 420. The van der Waals surface area contributed by atoms with Crippen molar-refractivity contribution in [2.24, 2.45) is 5.84 Å². The fourth-order valence-electron chi connectivity index (χ4n) is 2.70. The number of carbonyl (C=O) groups is 1. The van der Waals surface area contributed by atoms with E-state index in [4.69, 9.17) is 10.9 Å². The van der Waals surface area contributed by atoms with Crippen LogP contribution in [0.5, 0.6) is 0 Å². The summed E-state index contributed by atoms with van der Waals surface area (Å²) in [6.45, 7) is 0.836. The Morgan fingerprint density at radius 2 is 2.10 bits per heavy atom. The van der Waals surface area contributed by atoms with Gasteiger partial charge in [-0.15, -0.1) is 0 Å². The van der Waals surface area contributed by atoms with Gasteiger partial charge in [0, 0.05) is 19.2 Å². The predicted molar refractivity (Wildman–Crippen MR) is 77.6 cm³/mol. The van der Waals surface area contributed by atoms with Gasteiger partial charge in [0.25, 0.3) is 5.91 Å². The van der Waals surface area contributed by atoms with Gasteiger partial charge in [0.15, 0.2) is 0 Å². The molecule has 1 aromatic carbocycles. The standard InChI is InChI=1S/C15H23N3O2/c16-17-15(20)14(12-6-2-1-3-7-12)18(10-5-11-19)13-8-4-9-13/h1-3,6-7,13-14,19H,4-5,8-11,16H2,(H,17,20). The third kappa shape index (κ3) is 3.36. The van der Waals surface area contributed by atoms with Gasteiger partial charge in [-0.2, -0.15) is 0 Å². The van der Waals surface area contributed by atoms with Gasteiger partial charge in [0.1, 0.15) is 6.04 Å². The van der Waals surface area contributed by atoms with E-state index in [-0.39, 0.29) is 18.6 Å². The van der Waals surface area contributed by atoms with Crippen molar-refractivity contribution in [3.63, 3.8) is 0 Å². The molecule has 4 N–H and O–H groups in total.